The molecule has 0 saturated carbocycles. The lowest BCUT2D eigenvalue weighted by atomic mass is 10.1. The Morgan fingerprint density at radius 3 is 2.57 bits per heavy atom. The third-order valence-electron chi connectivity index (χ3n) is 2.19. The summed E-state index contributed by atoms with van der Waals surface area (Å²) in [4.78, 5) is 11.4. The van der Waals surface area contributed by atoms with E-state index in [0.29, 0.717) is 12.8 Å². The van der Waals surface area contributed by atoms with Crippen molar-refractivity contribution in [1.82, 2.24) is 5.32 Å². The average molecular weight is 196 g/mol. The molecule has 0 aliphatic carbocycles. The van der Waals surface area contributed by atoms with Gasteiger partial charge in [0.05, 0.1) is 0 Å². The smallest absolute Gasteiger partial charge is 0.221 e. The molecule has 0 aliphatic rings. The predicted molar refractivity (Wildman–Crippen MR) is 58.6 cm³/mol. The summed E-state index contributed by atoms with van der Waals surface area (Å²) < 4.78 is 0. The topological polar surface area (TPSA) is 55.1 Å². The number of rotatable bonds is 6. The molecule has 0 aromatic heterocycles. The zero-order chi connectivity index (χ0) is 11.0. The van der Waals surface area contributed by atoms with Gasteiger partial charge in [0.1, 0.15) is 0 Å². The molecule has 1 amide bonds. The third-order valence-corrected chi connectivity index (χ3v) is 2.19. The van der Waals surface area contributed by atoms with E-state index in [0.717, 1.165) is 12.8 Å². The second-order valence-electron chi connectivity index (χ2n) is 3.45. The quantitative estimate of drug-likeness (QED) is 0.623. The number of hydrogen-bond acceptors (Lipinski definition) is 2. The molecule has 80 valence electrons. The zero-order valence-corrected chi connectivity index (χ0v) is 9.05. The van der Waals surface area contributed by atoms with Crippen molar-refractivity contribution in [2.45, 2.75) is 51.6 Å². The minimum Gasteiger partial charge on any atom is -0.352 e. The fourth-order valence-electron chi connectivity index (χ4n) is 1.11. The van der Waals surface area contributed by atoms with Gasteiger partial charge in [0.2, 0.25) is 5.91 Å². The fraction of sp³-hybridized carbons (Fsp3) is 0.727. The lowest BCUT2D eigenvalue weighted by molar-refractivity contribution is -0.122. The van der Waals surface area contributed by atoms with Gasteiger partial charge in [0.25, 0.3) is 0 Å². The maximum atomic E-state index is 11.4. The Bertz CT molecular complexity index is 208. The van der Waals surface area contributed by atoms with Crippen molar-refractivity contribution in [2.24, 2.45) is 5.73 Å². The predicted octanol–water partition coefficient (Wildman–Crippen LogP) is 1.03. The highest BCUT2D eigenvalue weighted by Gasteiger charge is 2.11. The molecule has 0 spiro atoms. The molecule has 0 saturated heterocycles. The fourth-order valence-corrected chi connectivity index (χ4v) is 1.11. The van der Waals surface area contributed by atoms with Crippen LogP contribution in [-0.4, -0.2) is 18.0 Å². The maximum Gasteiger partial charge on any atom is 0.221 e. The van der Waals surface area contributed by atoms with Crippen LogP contribution < -0.4 is 11.1 Å². The molecule has 0 fully saturated rings. The van der Waals surface area contributed by atoms with Gasteiger partial charge in [-0.05, 0) is 12.8 Å². The summed E-state index contributed by atoms with van der Waals surface area (Å²) in [5.74, 6) is 2.55. The van der Waals surface area contributed by atoms with Gasteiger partial charge in [-0.3, -0.25) is 4.79 Å². The van der Waals surface area contributed by atoms with E-state index in [1.54, 1.807) is 0 Å². The van der Waals surface area contributed by atoms with E-state index in [1.807, 2.05) is 13.8 Å². The summed E-state index contributed by atoms with van der Waals surface area (Å²) in [6.07, 6.45) is 7.83. The Balaban J connectivity index is 3.85. The second kappa shape index (κ2) is 7.40. The molecule has 2 unspecified atom stereocenters. The van der Waals surface area contributed by atoms with Crippen molar-refractivity contribution < 1.29 is 4.79 Å². The minimum atomic E-state index is -0.0432. The van der Waals surface area contributed by atoms with E-state index in [9.17, 15) is 4.79 Å². The van der Waals surface area contributed by atoms with Crippen molar-refractivity contribution in [2.75, 3.05) is 0 Å². The lowest BCUT2D eigenvalue weighted by Gasteiger charge is -2.15. The molecular weight excluding hydrogens is 176 g/mol. The number of carbonyl (C=O) groups excluding carboxylic acids is 1. The Labute approximate surface area is 86.4 Å². The highest BCUT2D eigenvalue weighted by Crippen LogP contribution is 1.99. The van der Waals surface area contributed by atoms with Gasteiger partial charge in [0.15, 0.2) is 0 Å². The number of hydrogen-bond donors (Lipinski definition) is 2. The summed E-state index contributed by atoms with van der Waals surface area (Å²) in [7, 11) is 0. The summed E-state index contributed by atoms with van der Waals surface area (Å²) in [6.45, 7) is 3.97. The largest absolute Gasteiger partial charge is 0.352 e. The van der Waals surface area contributed by atoms with Gasteiger partial charge < -0.3 is 11.1 Å². The van der Waals surface area contributed by atoms with Crippen LogP contribution in [0.25, 0.3) is 0 Å². The third kappa shape index (κ3) is 5.60. The summed E-state index contributed by atoms with van der Waals surface area (Å²) >= 11 is 0. The van der Waals surface area contributed by atoms with Gasteiger partial charge in [-0.2, -0.15) is 0 Å². The van der Waals surface area contributed by atoms with Crippen molar-refractivity contribution in [3.63, 3.8) is 0 Å². The maximum absolute atomic E-state index is 11.4. The van der Waals surface area contributed by atoms with Crippen LogP contribution in [0, 0.1) is 12.3 Å². The minimum absolute atomic E-state index is 0.00134. The van der Waals surface area contributed by atoms with E-state index in [2.05, 4.69) is 11.2 Å². The van der Waals surface area contributed by atoms with Crippen LogP contribution in [0.3, 0.4) is 0 Å². The standard InChI is InChI=1S/C11H20N2O/c1-4-7-10(6-3)13-11(14)8-9(12)5-2/h1,9-10H,5-8,12H2,2-3H3,(H,13,14). The van der Waals surface area contributed by atoms with Crippen molar-refractivity contribution >= 4 is 5.91 Å². The van der Waals surface area contributed by atoms with Crippen LogP contribution in [0.1, 0.15) is 39.5 Å². The van der Waals surface area contributed by atoms with E-state index in [-0.39, 0.29) is 18.0 Å². The highest BCUT2D eigenvalue weighted by atomic mass is 16.1. The SMILES string of the molecule is C#CCC(CC)NC(=O)CC(N)CC. The molecule has 0 aromatic rings. The zero-order valence-electron chi connectivity index (χ0n) is 9.05. The van der Waals surface area contributed by atoms with Crippen LogP contribution in [0.15, 0.2) is 0 Å². The van der Waals surface area contributed by atoms with Crippen LogP contribution >= 0.6 is 0 Å². The van der Waals surface area contributed by atoms with Gasteiger partial charge in [-0.15, -0.1) is 12.3 Å². The molecule has 0 rings (SSSR count). The van der Waals surface area contributed by atoms with Crippen LogP contribution in [0.5, 0.6) is 0 Å². The van der Waals surface area contributed by atoms with Crippen LogP contribution in [0.4, 0.5) is 0 Å². The molecule has 0 radical (unpaired) electrons. The monoisotopic (exact) mass is 196 g/mol. The van der Waals surface area contributed by atoms with E-state index in [1.165, 1.54) is 0 Å². The Morgan fingerprint density at radius 1 is 1.50 bits per heavy atom. The van der Waals surface area contributed by atoms with Gasteiger partial charge in [-0.25, -0.2) is 0 Å². The normalized spacial score (nSPS) is 14.1. The first kappa shape index (κ1) is 13.0. The summed E-state index contributed by atoms with van der Waals surface area (Å²) in [5, 5.41) is 2.87. The highest BCUT2D eigenvalue weighted by molar-refractivity contribution is 5.76. The summed E-state index contributed by atoms with van der Waals surface area (Å²) in [5.41, 5.74) is 5.66. The molecule has 0 aromatic carbocycles. The molecular formula is C11H20N2O. The Hall–Kier alpha value is -1.01. The molecule has 3 N–H and O–H groups in total. The van der Waals surface area contributed by atoms with E-state index < -0.39 is 0 Å². The molecule has 3 nitrogen and oxygen atoms in total. The molecule has 14 heavy (non-hydrogen) atoms. The molecule has 0 bridgehead atoms. The number of amides is 1. The first-order valence-electron chi connectivity index (χ1n) is 5.12. The first-order valence-corrected chi connectivity index (χ1v) is 5.12. The number of nitrogens with one attached hydrogen (secondary N) is 1. The Kier molecular flexibility index (Phi) is 6.87. The molecule has 2 atom stereocenters. The van der Waals surface area contributed by atoms with Crippen LogP contribution in [0.2, 0.25) is 0 Å². The molecule has 0 heterocycles. The van der Waals surface area contributed by atoms with Crippen molar-refractivity contribution in [3.05, 3.63) is 0 Å². The molecule has 3 heteroatoms. The van der Waals surface area contributed by atoms with Gasteiger partial charge in [-0.1, -0.05) is 13.8 Å². The first-order chi connectivity index (χ1) is 6.63. The average Bonchev–Trinajstić information content (AvgIpc) is 2.16. The van der Waals surface area contributed by atoms with Crippen molar-refractivity contribution in [1.29, 1.82) is 0 Å². The number of nitrogens with two attached hydrogens (primary N) is 1. The second-order valence-corrected chi connectivity index (χ2v) is 3.45. The summed E-state index contributed by atoms with van der Waals surface area (Å²) in [6, 6.07) is 0.0508. The number of terminal acetylenes is 1. The van der Waals surface area contributed by atoms with Crippen LogP contribution in [-0.2, 0) is 4.79 Å². The van der Waals surface area contributed by atoms with E-state index >= 15 is 0 Å². The van der Waals surface area contributed by atoms with Crippen molar-refractivity contribution in [3.8, 4) is 12.3 Å². The molecule has 0 aliphatic heterocycles. The van der Waals surface area contributed by atoms with E-state index in [4.69, 9.17) is 12.2 Å². The Morgan fingerprint density at radius 2 is 2.14 bits per heavy atom. The van der Waals surface area contributed by atoms with Gasteiger partial charge >= 0.3 is 0 Å². The lowest BCUT2D eigenvalue weighted by Crippen LogP contribution is -2.37. The van der Waals surface area contributed by atoms with Gasteiger partial charge in [0, 0.05) is 24.9 Å². The number of carbonyl (C=O) groups is 1.